The summed E-state index contributed by atoms with van der Waals surface area (Å²) in [6, 6.07) is 16.5. The Hall–Kier alpha value is -3.21. The largest absolute Gasteiger partial charge is 0.320 e. The fourth-order valence-corrected chi connectivity index (χ4v) is 2.57. The molecule has 5 heteroatoms. The van der Waals surface area contributed by atoms with Gasteiger partial charge in [0, 0.05) is 0 Å². The number of rotatable bonds is 1. The molecule has 0 atom stereocenters. The topological polar surface area (TPSA) is 67.2 Å². The fraction of sp³-hybridized carbons (Fsp3) is 0. The molecule has 4 rings (SSSR count). The Bertz CT molecular complexity index is 1160. The molecule has 2 aromatic heterocycles. The number of H-pyrrole nitrogens is 1. The van der Waals surface area contributed by atoms with Crippen LogP contribution in [0.3, 0.4) is 0 Å². The first kappa shape index (κ1) is 12.5. The van der Waals surface area contributed by atoms with Gasteiger partial charge < -0.3 is 4.98 Å². The van der Waals surface area contributed by atoms with Gasteiger partial charge in [0.1, 0.15) is 5.35 Å². The molecule has 0 saturated carbocycles. The molecule has 0 saturated heterocycles. The summed E-state index contributed by atoms with van der Waals surface area (Å²) in [6.45, 7) is 0. The van der Waals surface area contributed by atoms with Crippen LogP contribution in [0.15, 0.2) is 64.2 Å². The molecule has 0 aliphatic rings. The van der Waals surface area contributed by atoms with Crippen LogP contribution in [0.25, 0.3) is 22.8 Å². The quantitative estimate of drug-likeness (QED) is 0.570. The molecule has 1 N–H and O–H groups in total. The molecule has 0 unspecified atom stereocenters. The SMILES string of the molecule is O=c1nc2[nH]/c(=C\c3ccccc3)c(=O)n2c2ccccc12. The van der Waals surface area contributed by atoms with Crippen molar-refractivity contribution in [1.29, 1.82) is 0 Å². The van der Waals surface area contributed by atoms with E-state index in [4.69, 9.17) is 0 Å². The first-order valence-electron chi connectivity index (χ1n) is 6.84. The van der Waals surface area contributed by atoms with E-state index in [1.165, 1.54) is 4.40 Å². The Morgan fingerprint density at radius 1 is 0.955 bits per heavy atom. The van der Waals surface area contributed by atoms with E-state index in [1.807, 2.05) is 30.3 Å². The zero-order valence-corrected chi connectivity index (χ0v) is 11.5. The molecule has 0 radical (unpaired) electrons. The molecule has 0 amide bonds. The van der Waals surface area contributed by atoms with E-state index < -0.39 is 0 Å². The predicted octanol–water partition coefficient (Wildman–Crippen LogP) is 1.08. The van der Waals surface area contributed by atoms with Crippen molar-refractivity contribution in [1.82, 2.24) is 14.4 Å². The number of imidazole rings is 1. The minimum Gasteiger partial charge on any atom is -0.320 e. The van der Waals surface area contributed by atoms with Crippen LogP contribution in [0.4, 0.5) is 0 Å². The third kappa shape index (κ3) is 1.83. The van der Waals surface area contributed by atoms with Crippen molar-refractivity contribution in [3.05, 3.63) is 86.2 Å². The second-order valence-electron chi connectivity index (χ2n) is 4.99. The van der Waals surface area contributed by atoms with Gasteiger partial charge in [0.15, 0.2) is 0 Å². The Balaban J connectivity index is 2.15. The van der Waals surface area contributed by atoms with Crippen LogP contribution in [0, 0.1) is 0 Å². The lowest BCUT2D eigenvalue weighted by Crippen LogP contribution is -2.26. The van der Waals surface area contributed by atoms with E-state index in [1.54, 1.807) is 30.3 Å². The van der Waals surface area contributed by atoms with Crippen molar-refractivity contribution in [3.8, 4) is 0 Å². The lowest BCUT2D eigenvalue weighted by molar-refractivity contribution is 1.11. The van der Waals surface area contributed by atoms with Gasteiger partial charge in [0.25, 0.3) is 11.1 Å². The summed E-state index contributed by atoms with van der Waals surface area (Å²) < 4.78 is 1.44. The molecule has 2 aromatic carbocycles. The van der Waals surface area contributed by atoms with Crippen molar-refractivity contribution >= 4 is 22.8 Å². The van der Waals surface area contributed by atoms with Crippen LogP contribution in [0.1, 0.15) is 5.56 Å². The lowest BCUT2D eigenvalue weighted by atomic mass is 10.2. The van der Waals surface area contributed by atoms with Crippen molar-refractivity contribution in [2.45, 2.75) is 0 Å². The van der Waals surface area contributed by atoms with Gasteiger partial charge in [-0.25, -0.2) is 4.40 Å². The molecular formula is C17H11N3O2. The predicted molar refractivity (Wildman–Crippen MR) is 84.8 cm³/mol. The van der Waals surface area contributed by atoms with Crippen LogP contribution in [0.5, 0.6) is 0 Å². The normalized spacial score (nSPS) is 12.3. The summed E-state index contributed by atoms with van der Waals surface area (Å²) in [5, 5.41) is 0.830. The van der Waals surface area contributed by atoms with E-state index >= 15 is 0 Å². The summed E-state index contributed by atoms with van der Waals surface area (Å²) in [6.07, 6.45) is 1.75. The molecule has 106 valence electrons. The highest BCUT2D eigenvalue weighted by Crippen LogP contribution is 2.07. The van der Waals surface area contributed by atoms with Gasteiger partial charge in [-0.15, -0.1) is 0 Å². The summed E-state index contributed by atoms with van der Waals surface area (Å²) in [5.74, 6) is 0.260. The summed E-state index contributed by atoms with van der Waals surface area (Å²) in [5.41, 5.74) is 0.899. The molecule has 2 heterocycles. The van der Waals surface area contributed by atoms with Gasteiger partial charge in [0.2, 0.25) is 5.78 Å². The summed E-state index contributed by atoms with van der Waals surface area (Å²) in [7, 11) is 0. The van der Waals surface area contributed by atoms with Gasteiger partial charge >= 0.3 is 0 Å². The molecule has 5 nitrogen and oxygen atoms in total. The third-order valence-electron chi connectivity index (χ3n) is 3.59. The first-order valence-corrected chi connectivity index (χ1v) is 6.84. The Kier molecular flexibility index (Phi) is 2.66. The molecule has 0 bridgehead atoms. The van der Waals surface area contributed by atoms with Crippen molar-refractivity contribution in [2.75, 3.05) is 0 Å². The zero-order valence-electron chi connectivity index (χ0n) is 11.5. The second-order valence-corrected chi connectivity index (χ2v) is 4.99. The van der Waals surface area contributed by atoms with Crippen LogP contribution >= 0.6 is 0 Å². The monoisotopic (exact) mass is 289 g/mol. The highest BCUT2D eigenvalue weighted by atomic mass is 16.1. The standard InChI is InChI=1S/C17H11N3O2/c21-15-12-8-4-5-9-14(12)20-16(22)13(18-17(20)19-15)10-11-6-2-1-3-7-11/h1-10H,(H,18,19,21)/b13-10-. The first-order chi connectivity index (χ1) is 10.7. The summed E-state index contributed by atoms with van der Waals surface area (Å²) >= 11 is 0. The number of para-hydroxylation sites is 1. The van der Waals surface area contributed by atoms with Gasteiger partial charge in [-0.2, -0.15) is 4.98 Å². The number of aromatic nitrogens is 3. The number of nitrogens with zero attached hydrogens (tertiary/aromatic N) is 2. The maximum Gasteiger partial charge on any atom is 0.282 e. The number of hydrogen-bond acceptors (Lipinski definition) is 3. The molecule has 22 heavy (non-hydrogen) atoms. The van der Waals surface area contributed by atoms with E-state index in [0.29, 0.717) is 16.3 Å². The highest BCUT2D eigenvalue weighted by molar-refractivity contribution is 5.79. The maximum atomic E-state index is 12.6. The Labute approximate surface area is 124 Å². The number of fused-ring (bicyclic) bond motifs is 3. The van der Waals surface area contributed by atoms with Crippen LogP contribution in [0.2, 0.25) is 0 Å². The maximum absolute atomic E-state index is 12.6. The summed E-state index contributed by atoms with van der Waals surface area (Å²) in [4.78, 5) is 31.5. The molecule has 0 fully saturated rings. The lowest BCUT2D eigenvalue weighted by Gasteiger charge is -1.97. The molecule has 0 spiro atoms. The molecule has 4 aromatic rings. The minimum absolute atomic E-state index is 0.220. The number of benzene rings is 2. The zero-order chi connectivity index (χ0) is 15.1. The minimum atomic E-state index is -0.344. The van der Waals surface area contributed by atoms with Crippen molar-refractivity contribution in [3.63, 3.8) is 0 Å². The van der Waals surface area contributed by atoms with Crippen LogP contribution in [-0.4, -0.2) is 14.4 Å². The van der Waals surface area contributed by atoms with Crippen LogP contribution < -0.4 is 16.5 Å². The van der Waals surface area contributed by atoms with E-state index in [9.17, 15) is 9.59 Å². The molecule has 0 aliphatic carbocycles. The fourth-order valence-electron chi connectivity index (χ4n) is 2.57. The van der Waals surface area contributed by atoms with Gasteiger partial charge in [-0.1, -0.05) is 42.5 Å². The third-order valence-corrected chi connectivity index (χ3v) is 3.59. The van der Waals surface area contributed by atoms with E-state index in [2.05, 4.69) is 9.97 Å². The number of aromatic amines is 1. The van der Waals surface area contributed by atoms with E-state index in [0.717, 1.165) is 5.56 Å². The highest BCUT2D eigenvalue weighted by Gasteiger charge is 2.09. The van der Waals surface area contributed by atoms with Crippen molar-refractivity contribution < 1.29 is 0 Å². The Morgan fingerprint density at radius 2 is 1.68 bits per heavy atom. The van der Waals surface area contributed by atoms with Gasteiger partial charge in [-0.05, 0) is 23.8 Å². The average molecular weight is 289 g/mol. The Morgan fingerprint density at radius 3 is 2.50 bits per heavy atom. The smallest absolute Gasteiger partial charge is 0.282 e. The van der Waals surface area contributed by atoms with Crippen LogP contribution in [-0.2, 0) is 0 Å². The molecular weight excluding hydrogens is 278 g/mol. The van der Waals surface area contributed by atoms with Gasteiger partial charge in [-0.3, -0.25) is 9.59 Å². The second kappa shape index (κ2) is 4.66. The molecule has 0 aliphatic heterocycles. The number of nitrogens with one attached hydrogen (secondary N) is 1. The average Bonchev–Trinajstić information content (AvgIpc) is 2.85. The van der Waals surface area contributed by atoms with Crippen molar-refractivity contribution in [2.24, 2.45) is 0 Å². The number of hydrogen-bond donors (Lipinski definition) is 1. The van der Waals surface area contributed by atoms with E-state index in [-0.39, 0.29) is 16.9 Å². The van der Waals surface area contributed by atoms with Gasteiger partial charge in [0.05, 0.1) is 10.9 Å².